The SMILES string of the molecule is CCOc1cccc(C2C(C(=O)c3sc(-c4ccccc4)nc3C)=C(O)C(=O)N2Cc2cccnc2)c1. The minimum Gasteiger partial charge on any atom is -0.503 e. The first-order valence-corrected chi connectivity index (χ1v) is 12.7. The summed E-state index contributed by atoms with van der Waals surface area (Å²) in [5, 5.41) is 11.8. The maximum Gasteiger partial charge on any atom is 0.290 e. The molecule has 5 rings (SSSR count). The molecule has 8 heteroatoms. The molecule has 1 atom stereocenters. The summed E-state index contributed by atoms with van der Waals surface area (Å²) in [6.45, 7) is 4.30. The second-order valence-corrected chi connectivity index (χ2v) is 9.59. The number of aliphatic hydroxyl groups excluding tert-OH is 1. The molecule has 3 heterocycles. The quantitative estimate of drug-likeness (QED) is 0.306. The molecular formula is C29H25N3O4S. The van der Waals surface area contributed by atoms with Crippen molar-refractivity contribution in [3.8, 4) is 16.3 Å². The van der Waals surface area contributed by atoms with E-state index >= 15 is 0 Å². The van der Waals surface area contributed by atoms with Crippen molar-refractivity contribution in [1.29, 1.82) is 0 Å². The first-order chi connectivity index (χ1) is 18.0. The third kappa shape index (κ3) is 4.75. The number of carbonyl (C=O) groups excluding carboxylic acids is 2. The Bertz CT molecular complexity index is 1480. The first-order valence-electron chi connectivity index (χ1n) is 11.9. The molecule has 186 valence electrons. The third-order valence-corrected chi connectivity index (χ3v) is 7.34. The molecule has 0 spiro atoms. The lowest BCUT2D eigenvalue weighted by atomic mass is 9.94. The predicted molar refractivity (Wildman–Crippen MR) is 141 cm³/mol. The fourth-order valence-electron chi connectivity index (χ4n) is 4.46. The van der Waals surface area contributed by atoms with E-state index in [-0.39, 0.29) is 12.1 Å². The number of aromatic nitrogens is 2. The van der Waals surface area contributed by atoms with Crippen molar-refractivity contribution in [2.75, 3.05) is 6.61 Å². The number of thiazole rings is 1. The van der Waals surface area contributed by atoms with Crippen molar-refractivity contribution in [3.63, 3.8) is 0 Å². The van der Waals surface area contributed by atoms with Gasteiger partial charge in [-0.1, -0.05) is 48.5 Å². The smallest absolute Gasteiger partial charge is 0.290 e. The van der Waals surface area contributed by atoms with Crippen molar-refractivity contribution in [2.45, 2.75) is 26.4 Å². The largest absolute Gasteiger partial charge is 0.503 e. The third-order valence-electron chi connectivity index (χ3n) is 6.13. The number of ether oxygens (including phenoxy) is 1. The van der Waals surface area contributed by atoms with Gasteiger partial charge in [-0.3, -0.25) is 14.6 Å². The summed E-state index contributed by atoms with van der Waals surface area (Å²) in [5.41, 5.74) is 2.93. The van der Waals surface area contributed by atoms with Crippen molar-refractivity contribution < 1.29 is 19.4 Å². The number of benzene rings is 2. The van der Waals surface area contributed by atoms with Gasteiger partial charge in [-0.25, -0.2) is 4.98 Å². The van der Waals surface area contributed by atoms with E-state index in [9.17, 15) is 14.7 Å². The van der Waals surface area contributed by atoms with Crippen LogP contribution in [-0.4, -0.2) is 38.3 Å². The van der Waals surface area contributed by atoms with Gasteiger partial charge in [0.05, 0.1) is 28.8 Å². The van der Waals surface area contributed by atoms with Gasteiger partial charge in [-0.2, -0.15) is 0 Å². The van der Waals surface area contributed by atoms with Gasteiger partial charge in [-0.15, -0.1) is 11.3 Å². The fraction of sp³-hybridized carbons (Fsp3) is 0.172. The highest BCUT2D eigenvalue weighted by Gasteiger charge is 2.44. The predicted octanol–water partition coefficient (Wildman–Crippen LogP) is 5.69. The molecule has 2 aromatic carbocycles. The lowest BCUT2D eigenvalue weighted by molar-refractivity contribution is -0.130. The van der Waals surface area contributed by atoms with Crippen LogP contribution in [0.2, 0.25) is 0 Å². The summed E-state index contributed by atoms with van der Waals surface area (Å²) in [6, 6.07) is 19.7. The second kappa shape index (κ2) is 10.4. The first kappa shape index (κ1) is 24.4. The molecule has 0 bridgehead atoms. The van der Waals surface area contributed by atoms with Crippen molar-refractivity contribution in [2.24, 2.45) is 0 Å². The van der Waals surface area contributed by atoms with Gasteiger partial charge < -0.3 is 14.7 Å². The molecule has 2 aromatic heterocycles. The zero-order chi connectivity index (χ0) is 25.9. The molecule has 0 aliphatic carbocycles. The van der Waals surface area contributed by atoms with Crippen LogP contribution < -0.4 is 4.74 Å². The molecule has 1 amide bonds. The fourth-order valence-corrected chi connectivity index (χ4v) is 5.48. The van der Waals surface area contributed by atoms with E-state index in [4.69, 9.17) is 4.74 Å². The Morgan fingerprint density at radius 1 is 1.11 bits per heavy atom. The molecule has 0 fully saturated rings. The number of pyridine rings is 1. The highest BCUT2D eigenvalue weighted by atomic mass is 32.1. The molecule has 1 N–H and O–H groups in total. The van der Waals surface area contributed by atoms with Crippen LogP contribution >= 0.6 is 11.3 Å². The number of Topliss-reactive ketones (excluding diaryl/α,β-unsaturated/α-hetero) is 1. The van der Waals surface area contributed by atoms with E-state index in [0.29, 0.717) is 33.5 Å². The number of hydrogen-bond donors (Lipinski definition) is 1. The molecule has 1 aliphatic rings. The topological polar surface area (TPSA) is 92.6 Å². The minimum absolute atomic E-state index is 0.0360. The Morgan fingerprint density at radius 2 is 1.92 bits per heavy atom. The van der Waals surface area contributed by atoms with Gasteiger partial charge in [0, 0.05) is 24.5 Å². The lowest BCUT2D eigenvalue weighted by Crippen LogP contribution is -2.30. The maximum atomic E-state index is 14.0. The normalized spacial score (nSPS) is 15.4. The van der Waals surface area contributed by atoms with Crippen molar-refractivity contribution >= 4 is 23.0 Å². The molecule has 7 nitrogen and oxygen atoms in total. The maximum absolute atomic E-state index is 14.0. The standard InChI is InChI=1S/C29H25N3O4S/c1-3-36-22-13-7-12-21(15-22)24-23(26(34)29(35)32(24)17-19-9-8-14-30-16-19)25(33)27-18(2)31-28(37-27)20-10-5-4-6-11-20/h4-16,24,34H,3,17H2,1-2H3. The van der Waals surface area contributed by atoms with Crippen LogP contribution in [0, 0.1) is 6.92 Å². The number of aryl methyl sites for hydroxylation is 1. The lowest BCUT2D eigenvalue weighted by Gasteiger charge is -2.27. The number of amides is 1. The Balaban J connectivity index is 1.59. The minimum atomic E-state index is -0.803. The molecule has 1 unspecified atom stereocenters. The number of rotatable bonds is 8. The van der Waals surface area contributed by atoms with Gasteiger partial charge in [0.15, 0.2) is 5.76 Å². The van der Waals surface area contributed by atoms with Crippen LogP contribution in [0.4, 0.5) is 0 Å². The van der Waals surface area contributed by atoms with E-state index in [0.717, 1.165) is 11.1 Å². The summed E-state index contributed by atoms with van der Waals surface area (Å²) in [6.07, 6.45) is 3.32. The Hall–Kier alpha value is -4.30. The number of carbonyl (C=O) groups is 2. The van der Waals surface area contributed by atoms with Gasteiger partial charge in [-0.05, 0) is 43.2 Å². The van der Waals surface area contributed by atoms with Crippen molar-refractivity contribution in [3.05, 3.63) is 112 Å². The zero-order valence-corrected chi connectivity index (χ0v) is 21.2. The monoisotopic (exact) mass is 511 g/mol. The molecule has 0 saturated carbocycles. The second-order valence-electron chi connectivity index (χ2n) is 8.59. The molecule has 37 heavy (non-hydrogen) atoms. The van der Waals surface area contributed by atoms with Crippen LogP contribution in [-0.2, 0) is 11.3 Å². The number of aliphatic hydroxyl groups is 1. The van der Waals surface area contributed by atoms with Gasteiger partial charge in [0.1, 0.15) is 10.8 Å². The van der Waals surface area contributed by atoms with Gasteiger partial charge in [0.2, 0.25) is 5.78 Å². The Kier molecular flexibility index (Phi) is 6.83. The highest BCUT2D eigenvalue weighted by Crippen LogP contribution is 2.42. The van der Waals surface area contributed by atoms with Crippen molar-refractivity contribution in [1.82, 2.24) is 14.9 Å². The van der Waals surface area contributed by atoms with Gasteiger partial charge >= 0.3 is 0 Å². The average molecular weight is 512 g/mol. The van der Waals surface area contributed by atoms with Crippen LogP contribution in [0.25, 0.3) is 10.6 Å². The zero-order valence-electron chi connectivity index (χ0n) is 20.4. The molecule has 4 aromatic rings. The van der Waals surface area contributed by atoms with E-state index in [1.165, 1.54) is 16.2 Å². The average Bonchev–Trinajstić information content (AvgIpc) is 3.43. The summed E-state index contributed by atoms with van der Waals surface area (Å²) in [5.74, 6) is -0.949. The Morgan fingerprint density at radius 3 is 2.65 bits per heavy atom. The van der Waals surface area contributed by atoms with E-state index < -0.39 is 23.5 Å². The number of ketones is 1. The molecule has 0 saturated heterocycles. The summed E-state index contributed by atoms with van der Waals surface area (Å²) in [4.78, 5) is 38.0. The van der Waals surface area contributed by atoms with Crippen LogP contribution in [0.15, 0.2) is 90.5 Å². The number of nitrogens with zero attached hydrogens (tertiary/aromatic N) is 3. The van der Waals surface area contributed by atoms with Crippen LogP contribution in [0.1, 0.15) is 39.5 Å². The van der Waals surface area contributed by atoms with Crippen LogP contribution in [0.3, 0.4) is 0 Å². The van der Waals surface area contributed by atoms with Gasteiger partial charge in [0.25, 0.3) is 5.91 Å². The summed E-state index contributed by atoms with van der Waals surface area (Å²) >= 11 is 1.25. The number of hydrogen-bond acceptors (Lipinski definition) is 7. The van der Waals surface area contributed by atoms with E-state index in [1.807, 2.05) is 61.5 Å². The summed E-state index contributed by atoms with van der Waals surface area (Å²) in [7, 11) is 0. The molecule has 0 radical (unpaired) electrons. The van der Waals surface area contributed by atoms with Crippen LogP contribution in [0.5, 0.6) is 5.75 Å². The highest BCUT2D eigenvalue weighted by molar-refractivity contribution is 7.17. The molecular weight excluding hydrogens is 486 g/mol. The Labute approximate surface area is 218 Å². The summed E-state index contributed by atoms with van der Waals surface area (Å²) < 4.78 is 5.68. The van der Waals surface area contributed by atoms with E-state index in [2.05, 4.69) is 9.97 Å². The van der Waals surface area contributed by atoms with E-state index in [1.54, 1.807) is 31.5 Å². The molecule has 1 aliphatic heterocycles.